The van der Waals surface area contributed by atoms with E-state index in [-0.39, 0.29) is 12.5 Å². The smallest absolute Gasteiger partial charge is 0.241 e. The van der Waals surface area contributed by atoms with Gasteiger partial charge in [-0.1, -0.05) is 11.6 Å². The van der Waals surface area contributed by atoms with Gasteiger partial charge in [0, 0.05) is 19.7 Å². The van der Waals surface area contributed by atoms with Gasteiger partial charge in [-0.15, -0.1) is 0 Å². The Morgan fingerprint density at radius 2 is 2.00 bits per heavy atom. The zero-order chi connectivity index (χ0) is 12.3. The molecule has 0 atom stereocenters. The van der Waals surface area contributed by atoms with Crippen LogP contribution in [-0.2, 0) is 4.79 Å². The summed E-state index contributed by atoms with van der Waals surface area (Å²) in [6.45, 7) is 3.76. The summed E-state index contributed by atoms with van der Waals surface area (Å²) in [4.78, 5) is 21.1. The van der Waals surface area contributed by atoms with Crippen molar-refractivity contribution in [2.24, 2.45) is 0 Å². The van der Waals surface area contributed by atoms with Gasteiger partial charge in [0.2, 0.25) is 5.91 Å². The van der Waals surface area contributed by atoms with Crippen LogP contribution in [0.5, 0.6) is 0 Å². The van der Waals surface area contributed by atoms with Crippen LogP contribution in [0, 0.1) is 13.8 Å². The number of aryl methyl sites for hydroxylation is 1. The number of amides is 1. The van der Waals surface area contributed by atoms with Crippen LogP contribution in [0.3, 0.4) is 0 Å². The highest BCUT2D eigenvalue weighted by molar-refractivity contribution is 6.30. The third kappa shape index (κ3) is 3.06. The molecule has 88 valence electrons. The number of halogens is 1. The number of rotatable bonds is 3. The van der Waals surface area contributed by atoms with Crippen LogP contribution in [0.15, 0.2) is 0 Å². The van der Waals surface area contributed by atoms with Gasteiger partial charge in [-0.2, -0.15) is 0 Å². The highest BCUT2D eigenvalue weighted by Crippen LogP contribution is 2.19. The summed E-state index contributed by atoms with van der Waals surface area (Å²) in [6.07, 6.45) is 0. The molecule has 16 heavy (non-hydrogen) atoms. The highest BCUT2D eigenvalue weighted by Gasteiger charge is 2.09. The average Bonchev–Trinajstić information content (AvgIpc) is 2.20. The van der Waals surface area contributed by atoms with E-state index < -0.39 is 0 Å². The van der Waals surface area contributed by atoms with Crippen molar-refractivity contribution < 1.29 is 4.79 Å². The molecular formula is C10H15ClN4O. The second kappa shape index (κ2) is 5.12. The van der Waals surface area contributed by atoms with Gasteiger partial charge >= 0.3 is 0 Å². The topological polar surface area (TPSA) is 58.1 Å². The van der Waals surface area contributed by atoms with Crippen LogP contribution in [-0.4, -0.2) is 41.4 Å². The van der Waals surface area contributed by atoms with Crippen LogP contribution in [0.4, 0.5) is 5.82 Å². The Hall–Kier alpha value is -1.36. The molecule has 1 N–H and O–H groups in total. The molecule has 0 saturated heterocycles. The molecule has 1 amide bonds. The third-order valence-corrected chi connectivity index (χ3v) is 2.47. The predicted molar refractivity (Wildman–Crippen MR) is 63.7 cm³/mol. The average molecular weight is 243 g/mol. The van der Waals surface area contributed by atoms with Gasteiger partial charge in [0.15, 0.2) is 0 Å². The number of hydrogen-bond donors (Lipinski definition) is 1. The van der Waals surface area contributed by atoms with Crippen LogP contribution in [0.25, 0.3) is 0 Å². The van der Waals surface area contributed by atoms with E-state index in [0.717, 1.165) is 5.56 Å². The van der Waals surface area contributed by atoms with Crippen molar-refractivity contribution in [3.8, 4) is 0 Å². The van der Waals surface area contributed by atoms with Crippen LogP contribution in [0.1, 0.15) is 11.4 Å². The normalized spacial score (nSPS) is 10.1. The molecule has 1 aromatic heterocycles. The minimum atomic E-state index is -0.0215. The highest BCUT2D eigenvalue weighted by atomic mass is 35.5. The largest absolute Gasteiger partial charge is 0.361 e. The molecule has 0 aliphatic carbocycles. The van der Waals surface area contributed by atoms with Gasteiger partial charge in [0.25, 0.3) is 0 Å². The van der Waals surface area contributed by atoms with E-state index in [0.29, 0.717) is 16.8 Å². The van der Waals surface area contributed by atoms with Gasteiger partial charge in [0.1, 0.15) is 16.8 Å². The van der Waals surface area contributed by atoms with E-state index in [1.807, 2.05) is 6.92 Å². The summed E-state index contributed by atoms with van der Waals surface area (Å²) in [7, 11) is 3.41. The summed E-state index contributed by atoms with van der Waals surface area (Å²) in [6, 6.07) is 0. The summed E-state index contributed by atoms with van der Waals surface area (Å²) in [5, 5.41) is 3.36. The molecule has 5 nitrogen and oxygen atoms in total. The number of hydrogen-bond acceptors (Lipinski definition) is 4. The maximum atomic E-state index is 11.4. The monoisotopic (exact) mass is 242 g/mol. The number of carbonyl (C=O) groups excluding carboxylic acids is 1. The Labute approximate surface area is 99.8 Å². The fraction of sp³-hybridized carbons (Fsp3) is 0.500. The first-order valence-corrected chi connectivity index (χ1v) is 5.24. The molecule has 0 saturated carbocycles. The lowest BCUT2D eigenvalue weighted by Gasteiger charge is -2.13. The number of nitrogens with one attached hydrogen (secondary N) is 1. The van der Waals surface area contributed by atoms with Crippen molar-refractivity contribution in [3.05, 3.63) is 16.5 Å². The molecule has 0 spiro atoms. The van der Waals surface area contributed by atoms with E-state index >= 15 is 0 Å². The lowest BCUT2D eigenvalue weighted by atomic mass is 10.3. The Bertz CT molecular complexity index is 406. The van der Waals surface area contributed by atoms with Crippen molar-refractivity contribution in [1.82, 2.24) is 14.9 Å². The summed E-state index contributed by atoms with van der Waals surface area (Å²) < 4.78 is 0. The summed E-state index contributed by atoms with van der Waals surface area (Å²) in [5.74, 6) is 1.16. The summed E-state index contributed by atoms with van der Waals surface area (Å²) in [5.41, 5.74) is 0.749. The number of anilines is 1. The molecule has 0 unspecified atom stereocenters. The number of likely N-dealkylation sites (N-methyl/N-ethyl adjacent to an activating group) is 1. The zero-order valence-corrected chi connectivity index (χ0v) is 10.6. The van der Waals surface area contributed by atoms with Gasteiger partial charge in [-0.3, -0.25) is 4.79 Å². The van der Waals surface area contributed by atoms with Gasteiger partial charge < -0.3 is 10.2 Å². The van der Waals surface area contributed by atoms with E-state index in [1.165, 1.54) is 4.90 Å². The molecule has 0 aliphatic rings. The van der Waals surface area contributed by atoms with Gasteiger partial charge in [-0.05, 0) is 13.8 Å². The predicted octanol–water partition coefficient (Wildman–Crippen LogP) is 1.25. The number of carbonyl (C=O) groups is 1. The van der Waals surface area contributed by atoms with E-state index in [1.54, 1.807) is 21.0 Å². The molecule has 0 bridgehead atoms. The number of nitrogens with zero attached hydrogens (tertiary/aromatic N) is 3. The fourth-order valence-corrected chi connectivity index (χ4v) is 1.30. The Morgan fingerprint density at radius 3 is 2.56 bits per heavy atom. The van der Waals surface area contributed by atoms with Crippen molar-refractivity contribution in [3.63, 3.8) is 0 Å². The first kappa shape index (κ1) is 12.7. The van der Waals surface area contributed by atoms with E-state index in [2.05, 4.69) is 15.3 Å². The Balaban J connectivity index is 2.78. The van der Waals surface area contributed by atoms with Crippen LogP contribution >= 0.6 is 11.6 Å². The first-order valence-electron chi connectivity index (χ1n) is 4.86. The second-order valence-electron chi connectivity index (χ2n) is 3.68. The number of aromatic nitrogens is 2. The van der Waals surface area contributed by atoms with Crippen molar-refractivity contribution in [2.75, 3.05) is 26.0 Å². The van der Waals surface area contributed by atoms with E-state index in [4.69, 9.17) is 11.6 Å². The molecular weight excluding hydrogens is 228 g/mol. The zero-order valence-electron chi connectivity index (χ0n) is 9.83. The SMILES string of the molecule is Cc1nc(Cl)c(C)c(NCC(=O)N(C)C)n1. The first-order chi connectivity index (χ1) is 7.41. The maximum absolute atomic E-state index is 11.4. The second-order valence-corrected chi connectivity index (χ2v) is 4.03. The third-order valence-electron chi connectivity index (χ3n) is 2.10. The van der Waals surface area contributed by atoms with Gasteiger partial charge in [0.05, 0.1) is 6.54 Å². The molecule has 1 rings (SSSR count). The quantitative estimate of drug-likeness (QED) is 0.811. The maximum Gasteiger partial charge on any atom is 0.241 e. The lowest BCUT2D eigenvalue weighted by Crippen LogP contribution is -2.29. The van der Waals surface area contributed by atoms with Crippen LogP contribution < -0.4 is 5.32 Å². The molecule has 6 heteroatoms. The molecule has 0 aromatic carbocycles. The Morgan fingerprint density at radius 1 is 1.38 bits per heavy atom. The van der Waals surface area contributed by atoms with Crippen molar-refractivity contribution >= 4 is 23.3 Å². The van der Waals surface area contributed by atoms with Gasteiger partial charge in [-0.25, -0.2) is 9.97 Å². The molecule has 1 heterocycles. The van der Waals surface area contributed by atoms with Crippen molar-refractivity contribution in [2.45, 2.75) is 13.8 Å². The molecule has 1 aromatic rings. The molecule has 0 aliphatic heterocycles. The molecule has 0 fully saturated rings. The molecule has 0 radical (unpaired) electrons. The Kier molecular flexibility index (Phi) is 4.06. The minimum Gasteiger partial charge on any atom is -0.361 e. The minimum absolute atomic E-state index is 0.0215. The van der Waals surface area contributed by atoms with Crippen molar-refractivity contribution in [1.29, 1.82) is 0 Å². The van der Waals surface area contributed by atoms with E-state index in [9.17, 15) is 4.79 Å². The summed E-state index contributed by atoms with van der Waals surface area (Å²) >= 11 is 5.91. The van der Waals surface area contributed by atoms with Crippen LogP contribution in [0.2, 0.25) is 5.15 Å². The fourth-order valence-electron chi connectivity index (χ4n) is 1.08. The lowest BCUT2D eigenvalue weighted by molar-refractivity contribution is -0.126. The standard InChI is InChI=1S/C10H15ClN4O/c1-6-9(11)13-7(2)14-10(6)12-5-8(16)15(3)4/h5H2,1-4H3,(H,12,13,14).